The molecule has 0 saturated heterocycles. The van der Waals surface area contributed by atoms with Crippen LogP contribution in [0.2, 0.25) is 70.4 Å². The molecule has 0 amide bonds. The van der Waals surface area contributed by atoms with Gasteiger partial charge >= 0.3 is 37.1 Å². The maximum atomic E-state index is 4.92. The largest absolute Gasteiger partial charge is 0.0721 e. The zero-order chi connectivity index (χ0) is 15.4. The first-order valence-corrected chi connectivity index (χ1v) is 26.9. The molecule has 0 spiro atoms. The van der Waals surface area contributed by atoms with Crippen molar-refractivity contribution in [3.8, 4) is 0 Å². The van der Waals surface area contributed by atoms with Crippen LogP contribution in [0.15, 0.2) is 0 Å². The number of rotatable bonds is 4. The molecule has 0 fully saturated rings. The van der Waals surface area contributed by atoms with E-state index in [1.54, 1.807) is 7.11 Å². The maximum absolute atomic E-state index is 4.92. The molecule has 0 aromatic rings. The molecule has 0 rings (SSSR count). The van der Waals surface area contributed by atoms with E-state index in [1.165, 1.54) is 0 Å². The Labute approximate surface area is 126 Å². The molecule has 0 N–H and O–H groups in total. The van der Waals surface area contributed by atoms with Gasteiger partial charge in [0.2, 0.25) is 0 Å². The maximum Gasteiger partial charge on any atom is 0.0306 e. The molecule has 2 radical (unpaired) electrons. The van der Waals surface area contributed by atoms with Gasteiger partial charge in [0.1, 0.15) is 0 Å². The second kappa shape index (κ2) is 7.97. The van der Waals surface area contributed by atoms with Gasteiger partial charge in [0, 0.05) is 30.1 Å². The van der Waals surface area contributed by atoms with Gasteiger partial charge in [-0.15, -0.1) is 0 Å². The number of hydrogen-bond donors (Lipinski definition) is 0. The van der Waals surface area contributed by atoms with Crippen molar-refractivity contribution in [2.45, 2.75) is 70.4 Å². The summed E-state index contributed by atoms with van der Waals surface area (Å²) in [7, 11) is -0.698. The van der Waals surface area contributed by atoms with Crippen molar-refractivity contribution in [3.05, 3.63) is 0 Å². The van der Waals surface area contributed by atoms with Crippen LogP contribution >= 0.6 is 0 Å². The van der Waals surface area contributed by atoms with E-state index in [2.05, 4.69) is 70.4 Å². The van der Waals surface area contributed by atoms with Crippen molar-refractivity contribution in [2.75, 3.05) is 7.11 Å². The molecule has 0 heterocycles. The van der Waals surface area contributed by atoms with E-state index in [0.29, 0.717) is 0 Å². The molecule has 0 bridgehead atoms. The molecule has 110 valence electrons. The Balaban J connectivity index is 0. The molecular weight excluding hydrogens is 345 g/mol. The van der Waals surface area contributed by atoms with Crippen molar-refractivity contribution in [1.82, 2.24) is 0 Å². The van der Waals surface area contributed by atoms with Crippen LogP contribution in [0.5, 0.6) is 0 Å². The summed E-state index contributed by atoms with van der Waals surface area (Å²) in [6, 6.07) is 0. The third kappa shape index (κ3) is 10.2. The zero-order valence-corrected chi connectivity index (χ0v) is 21.0. The molecule has 0 aliphatic heterocycles. The molecule has 0 aromatic heterocycles. The quantitative estimate of drug-likeness (QED) is 0.646. The molecule has 6 heteroatoms. The van der Waals surface area contributed by atoms with E-state index < -0.39 is 37.5 Å². The van der Waals surface area contributed by atoms with Crippen LogP contribution in [0.4, 0.5) is 0 Å². The topological polar surface area (TPSA) is 9.23 Å². The van der Waals surface area contributed by atoms with Crippen LogP contribution in [0.3, 0.4) is 0 Å². The van der Waals surface area contributed by atoms with E-state index in [0.717, 1.165) is 0 Å². The minimum absolute atomic E-state index is 0.0255. The molecule has 0 aliphatic rings. The summed E-state index contributed by atoms with van der Waals surface area (Å²) in [5, 5.41) is 0. The second-order valence-electron chi connectivity index (χ2n) is 8.24. The Kier molecular flexibility index (Phi) is 9.59. The van der Waals surface area contributed by atoms with Crippen LogP contribution in [0, 0.1) is 0 Å². The molecule has 0 aromatic carbocycles. The minimum atomic E-state index is -0.856. The molecule has 0 aliphatic carbocycles. The van der Waals surface area contributed by atoms with E-state index in [1.807, 2.05) is 0 Å². The fraction of sp³-hybridized carbons (Fsp3) is 1.00. The van der Waals surface area contributed by atoms with Crippen LogP contribution in [-0.2, 0) is 3.76 Å². The average molecular weight is 381 g/mol. The molecule has 0 unspecified atom stereocenters. The third-order valence-electron chi connectivity index (χ3n) is 2.66. The second-order valence-corrected chi connectivity index (χ2v) is 49.7. The summed E-state index contributed by atoms with van der Waals surface area (Å²) in [5.41, 5.74) is 0. The first-order chi connectivity index (χ1) is 7.64. The summed E-state index contributed by atoms with van der Waals surface area (Å²) < 4.78 is 4.92. The van der Waals surface area contributed by atoms with Crippen molar-refractivity contribution < 1.29 is 3.76 Å². The summed E-state index contributed by atoms with van der Waals surface area (Å²) in [5.74, 6) is 4.33. The van der Waals surface area contributed by atoms with Gasteiger partial charge in [0.25, 0.3) is 0 Å². The van der Waals surface area contributed by atoms with E-state index in [9.17, 15) is 0 Å². The Hall–Kier alpha value is 1.37. The first kappa shape index (κ1) is 21.7. The molecule has 0 atom stereocenters. The number of hydrogen-bond acceptors (Lipinski definition) is 1. The van der Waals surface area contributed by atoms with Crippen molar-refractivity contribution >= 4 is 44.8 Å². The van der Waals surface area contributed by atoms with Gasteiger partial charge in [-0.3, -0.25) is 0 Å². The van der Waals surface area contributed by atoms with Crippen LogP contribution in [0.25, 0.3) is 0 Å². The predicted molar refractivity (Wildman–Crippen MR) is 100 cm³/mol. The van der Waals surface area contributed by atoms with Crippen LogP contribution < -0.4 is 0 Å². The zero-order valence-electron chi connectivity index (χ0n) is 14.9. The summed E-state index contributed by atoms with van der Waals surface area (Å²) >= 11 is -0.856. The normalized spacial score (nSPS) is 13.7. The van der Waals surface area contributed by atoms with Gasteiger partial charge < -0.3 is 0 Å². The molecule has 18 heavy (non-hydrogen) atoms. The fourth-order valence-electron chi connectivity index (χ4n) is 3.38. The van der Waals surface area contributed by atoms with Gasteiger partial charge in [-0.05, 0) is 0 Å². The van der Waals surface area contributed by atoms with E-state index in [4.69, 9.17) is 3.76 Å². The first-order valence-electron chi connectivity index (χ1n) is 6.86. The monoisotopic (exact) mass is 382 g/mol. The van der Waals surface area contributed by atoms with Gasteiger partial charge in [0.15, 0.2) is 0 Å². The Morgan fingerprint density at radius 2 is 0.833 bits per heavy atom. The third-order valence-corrected chi connectivity index (χ3v) is 62.9. The average Bonchev–Trinajstić information content (AvgIpc) is 1.95. The van der Waals surface area contributed by atoms with Crippen molar-refractivity contribution in [1.29, 1.82) is 0 Å². The SMILES string of the molecule is C[O][Ge]([CH3])[CH3].C[Si](C)(C)[Si]([Si](C)(C)C)[Si](C)(C)C. The van der Waals surface area contributed by atoms with Crippen LogP contribution in [-0.4, -0.2) is 51.9 Å². The Bertz CT molecular complexity index is 192. The summed E-state index contributed by atoms with van der Waals surface area (Å²) in [6.45, 7) is 23.5. The van der Waals surface area contributed by atoms with Gasteiger partial charge in [-0.25, -0.2) is 0 Å². The van der Waals surface area contributed by atoms with E-state index in [-0.39, 0.29) is 7.35 Å². The van der Waals surface area contributed by atoms with Gasteiger partial charge in [-0.1, -0.05) is 58.9 Å². The summed E-state index contributed by atoms with van der Waals surface area (Å²) in [4.78, 5) is 0. The van der Waals surface area contributed by atoms with Crippen LogP contribution in [0.1, 0.15) is 0 Å². The molecule has 1 nitrogen and oxygen atoms in total. The van der Waals surface area contributed by atoms with Gasteiger partial charge in [-0.2, -0.15) is 0 Å². The van der Waals surface area contributed by atoms with Crippen molar-refractivity contribution in [3.63, 3.8) is 0 Å². The fourth-order valence-corrected chi connectivity index (χ4v) is 91.1. The predicted octanol–water partition coefficient (Wildman–Crippen LogP) is 4.61. The van der Waals surface area contributed by atoms with Gasteiger partial charge in [0.05, 0.1) is 0 Å². The smallest absolute Gasteiger partial charge is 0.0306 e. The Morgan fingerprint density at radius 3 is 0.833 bits per heavy atom. The molecule has 0 saturated carbocycles. The minimum Gasteiger partial charge on any atom is -0.0721 e. The van der Waals surface area contributed by atoms with Crippen molar-refractivity contribution in [2.24, 2.45) is 0 Å². The summed E-state index contributed by atoms with van der Waals surface area (Å²) in [6.07, 6.45) is 0. The standard InChI is InChI=1S/C9H27Si4.C3H9GeO/c1-11(2,3)10(12(4,5)6)13(7,8)9;1-4(2)5-3/h1-9H3;1-3H3. The van der Waals surface area contributed by atoms with E-state index >= 15 is 0 Å². The molecular formula is C12H36GeOSi4. The Morgan fingerprint density at radius 1 is 0.667 bits per heavy atom.